The Morgan fingerprint density at radius 1 is 0.889 bits per heavy atom. The number of para-hydroxylation sites is 1. The number of amides is 2. The average Bonchev–Trinajstić information content (AvgIpc) is 3.28. The lowest BCUT2D eigenvalue weighted by Gasteiger charge is -2.15. The second kappa shape index (κ2) is 7.50. The van der Waals surface area contributed by atoms with Crippen molar-refractivity contribution >= 4 is 46.2 Å². The molecule has 3 aromatic rings. The quantitative estimate of drug-likeness (QED) is 0.564. The molecule has 1 aliphatic heterocycles. The number of benzene rings is 2. The van der Waals surface area contributed by atoms with Gasteiger partial charge in [0, 0.05) is 10.6 Å². The number of carbonyl (C=O) groups excluding carboxylic acids is 2. The Balaban J connectivity index is 1.73. The van der Waals surface area contributed by atoms with Crippen LogP contribution in [-0.4, -0.2) is 11.8 Å². The highest BCUT2D eigenvalue weighted by atomic mass is 32.2. The van der Waals surface area contributed by atoms with Crippen molar-refractivity contribution in [3.63, 3.8) is 0 Å². The molecule has 1 aliphatic rings. The minimum Gasteiger partial charge on any atom is -0.268 e. The second-order valence-corrected chi connectivity index (χ2v) is 7.79. The molecule has 0 aliphatic carbocycles. The van der Waals surface area contributed by atoms with Gasteiger partial charge in [-0.3, -0.25) is 9.59 Å². The van der Waals surface area contributed by atoms with Gasteiger partial charge in [0.15, 0.2) is 0 Å². The molecule has 2 amide bonds. The number of halogens is 1. The number of anilines is 1. The summed E-state index contributed by atoms with van der Waals surface area (Å²) in [6.45, 7) is 0. The SMILES string of the molecule is O=C1C(SCc2ccccc2)=C(c2cccs2)C(=O)N1c1ccccc1F. The van der Waals surface area contributed by atoms with Gasteiger partial charge in [0.2, 0.25) is 0 Å². The van der Waals surface area contributed by atoms with Crippen molar-refractivity contribution in [2.75, 3.05) is 4.90 Å². The maximum Gasteiger partial charge on any atom is 0.272 e. The van der Waals surface area contributed by atoms with Crippen molar-refractivity contribution in [3.8, 4) is 0 Å². The molecule has 0 bridgehead atoms. The summed E-state index contributed by atoms with van der Waals surface area (Å²) < 4.78 is 14.3. The monoisotopic (exact) mass is 395 g/mol. The van der Waals surface area contributed by atoms with E-state index in [1.54, 1.807) is 12.1 Å². The summed E-state index contributed by atoms with van der Waals surface area (Å²) in [5.74, 6) is -1.01. The Morgan fingerprint density at radius 2 is 1.63 bits per heavy atom. The highest BCUT2D eigenvalue weighted by Crippen LogP contribution is 2.41. The fourth-order valence-electron chi connectivity index (χ4n) is 2.86. The van der Waals surface area contributed by atoms with Crippen molar-refractivity contribution in [1.82, 2.24) is 0 Å². The van der Waals surface area contributed by atoms with Crippen LogP contribution in [0.2, 0.25) is 0 Å². The highest BCUT2D eigenvalue weighted by molar-refractivity contribution is 8.03. The van der Waals surface area contributed by atoms with Gasteiger partial charge in [-0.25, -0.2) is 9.29 Å². The highest BCUT2D eigenvalue weighted by Gasteiger charge is 2.41. The standard InChI is InChI=1S/C21H14FNO2S2/c22-15-9-4-5-10-16(15)23-20(24)18(17-11-6-12-26-17)19(21(23)25)27-13-14-7-2-1-3-8-14/h1-12H,13H2. The van der Waals surface area contributed by atoms with Gasteiger partial charge < -0.3 is 0 Å². The number of imide groups is 1. The van der Waals surface area contributed by atoms with Crippen LogP contribution in [-0.2, 0) is 15.3 Å². The molecule has 0 unspecified atom stereocenters. The molecule has 0 N–H and O–H groups in total. The van der Waals surface area contributed by atoms with Gasteiger partial charge in [0.1, 0.15) is 5.82 Å². The zero-order chi connectivity index (χ0) is 18.8. The first-order chi connectivity index (χ1) is 13.2. The van der Waals surface area contributed by atoms with Gasteiger partial charge in [0.05, 0.1) is 16.2 Å². The van der Waals surface area contributed by atoms with Crippen LogP contribution in [0, 0.1) is 5.82 Å². The zero-order valence-electron chi connectivity index (χ0n) is 14.1. The molecule has 3 nitrogen and oxygen atoms in total. The van der Waals surface area contributed by atoms with E-state index in [1.807, 2.05) is 41.8 Å². The average molecular weight is 395 g/mol. The van der Waals surface area contributed by atoms with Crippen LogP contribution < -0.4 is 4.90 Å². The zero-order valence-corrected chi connectivity index (χ0v) is 15.7. The van der Waals surface area contributed by atoms with E-state index in [1.165, 1.54) is 41.3 Å². The molecular weight excluding hydrogens is 381 g/mol. The molecule has 27 heavy (non-hydrogen) atoms. The van der Waals surface area contributed by atoms with Crippen molar-refractivity contribution in [2.45, 2.75) is 5.75 Å². The van der Waals surface area contributed by atoms with E-state index in [9.17, 15) is 14.0 Å². The van der Waals surface area contributed by atoms with E-state index >= 15 is 0 Å². The summed E-state index contributed by atoms with van der Waals surface area (Å²) in [5, 5.41) is 1.85. The van der Waals surface area contributed by atoms with E-state index in [0.717, 1.165) is 10.5 Å². The summed E-state index contributed by atoms with van der Waals surface area (Å²) in [7, 11) is 0. The fraction of sp³-hybridized carbons (Fsp3) is 0.0476. The topological polar surface area (TPSA) is 37.4 Å². The van der Waals surface area contributed by atoms with Crippen LogP contribution >= 0.6 is 23.1 Å². The lowest BCUT2D eigenvalue weighted by Crippen LogP contribution is -2.32. The molecule has 0 saturated heterocycles. The summed E-state index contributed by atoms with van der Waals surface area (Å²) >= 11 is 2.70. The molecule has 0 saturated carbocycles. The summed E-state index contributed by atoms with van der Waals surface area (Å²) in [6.07, 6.45) is 0. The van der Waals surface area contributed by atoms with Crippen LogP contribution in [0.25, 0.3) is 5.57 Å². The number of hydrogen-bond donors (Lipinski definition) is 0. The maximum absolute atomic E-state index is 14.3. The third-order valence-electron chi connectivity index (χ3n) is 4.13. The number of thioether (sulfide) groups is 1. The maximum atomic E-state index is 14.3. The molecule has 1 aromatic heterocycles. The van der Waals surface area contributed by atoms with Crippen LogP contribution in [0.3, 0.4) is 0 Å². The molecule has 0 spiro atoms. The van der Waals surface area contributed by atoms with Crippen molar-refractivity contribution in [2.24, 2.45) is 0 Å². The molecule has 0 atom stereocenters. The first-order valence-corrected chi connectivity index (χ1v) is 10.1. The first kappa shape index (κ1) is 17.7. The van der Waals surface area contributed by atoms with E-state index < -0.39 is 17.6 Å². The number of rotatable bonds is 5. The second-order valence-electron chi connectivity index (χ2n) is 5.85. The molecule has 0 fully saturated rings. The van der Waals surface area contributed by atoms with Crippen LogP contribution in [0.1, 0.15) is 10.4 Å². The molecule has 2 heterocycles. The Bertz CT molecular complexity index is 1030. The predicted octanol–water partition coefficient (Wildman–Crippen LogP) is 5.11. The van der Waals surface area contributed by atoms with Gasteiger partial charge in [-0.1, -0.05) is 48.5 Å². The summed E-state index contributed by atoms with van der Waals surface area (Å²) in [4.78, 5) is 28.1. The van der Waals surface area contributed by atoms with Gasteiger partial charge in [-0.2, -0.15) is 0 Å². The predicted molar refractivity (Wildman–Crippen MR) is 108 cm³/mol. The fourth-order valence-corrected chi connectivity index (χ4v) is 4.76. The van der Waals surface area contributed by atoms with E-state index in [0.29, 0.717) is 21.1 Å². The number of hydrogen-bond acceptors (Lipinski definition) is 4. The van der Waals surface area contributed by atoms with Crippen LogP contribution in [0.15, 0.2) is 77.0 Å². The molecular formula is C21H14FNO2S2. The lowest BCUT2D eigenvalue weighted by atomic mass is 10.2. The van der Waals surface area contributed by atoms with Gasteiger partial charge in [-0.05, 0) is 29.1 Å². The molecule has 6 heteroatoms. The third kappa shape index (κ3) is 3.34. The Kier molecular flexibility index (Phi) is 4.92. The molecule has 4 rings (SSSR count). The minimum atomic E-state index is -0.598. The minimum absolute atomic E-state index is 0.0168. The first-order valence-electron chi connectivity index (χ1n) is 8.25. The van der Waals surface area contributed by atoms with Gasteiger partial charge in [0.25, 0.3) is 11.8 Å². The number of nitrogens with zero attached hydrogens (tertiary/aromatic N) is 1. The van der Waals surface area contributed by atoms with Crippen molar-refractivity contribution < 1.29 is 14.0 Å². The smallest absolute Gasteiger partial charge is 0.268 e. The largest absolute Gasteiger partial charge is 0.272 e. The molecule has 2 aromatic carbocycles. The van der Waals surface area contributed by atoms with E-state index in [-0.39, 0.29) is 5.69 Å². The van der Waals surface area contributed by atoms with E-state index in [2.05, 4.69) is 0 Å². The number of thiophene rings is 1. The van der Waals surface area contributed by atoms with Gasteiger partial charge >= 0.3 is 0 Å². The Hall–Kier alpha value is -2.70. The molecule has 0 radical (unpaired) electrons. The van der Waals surface area contributed by atoms with Crippen molar-refractivity contribution in [3.05, 3.63) is 93.3 Å². The molecule has 134 valence electrons. The number of carbonyl (C=O) groups is 2. The Morgan fingerprint density at radius 3 is 2.33 bits per heavy atom. The lowest BCUT2D eigenvalue weighted by molar-refractivity contribution is -0.119. The van der Waals surface area contributed by atoms with Gasteiger partial charge in [-0.15, -0.1) is 23.1 Å². The normalized spacial score (nSPS) is 14.3. The summed E-state index contributed by atoms with van der Waals surface area (Å²) in [6, 6.07) is 19.2. The van der Waals surface area contributed by atoms with Crippen LogP contribution in [0.4, 0.5) is 10.1 Å². The Labute approximate surface area is 164 Å². The summed E-state index contributed by atoms with van der Waals surface area (Å²) in [5.41, 5.74) is 1.38. The third-order valence-corrected chi connectivity index (χ3v) is 6.16. The van der Waals surface area contributed by atoms with Crippen molar-refractivity contribution in [1.29, 1.82) is 0 Å². The van der Waals surface area contributed by atoms with E-state index in [4.69, 9.17) is 0 Å². The van der Waals surface area contributed by atoms with Crippen LogP contribution in [0.5, 0.6) is 0 Å².